The van der Waals surface area contributed by atoms with Gasteiger partial charge in [-0.1, -0.05) is 50.2 Å². The summed E-state index contributed by atoms with van der Waals surface area (Å²) in [6, 6.07) is 15.3. The number of hydrogen-bond acceptors (Lipinski definition) is 3. The molecule has 4 heteroatoms. The average Bonchev–Trinajstić information content (AvgIpc) is 2.95. The molecule has 0 aliphatic heterocycles. The van der Waals surface area contributed by atoms with Crippen LogP contribution in [0.4, 0.5) is 4.39 Å². The maximum atomic E-state index is 14.4. The number of thiophene rings is 1. The lowest BCUT2D eigenvalue weighted by Crippen LogP contribution is -2.19. The van der Waals surface area contributed by atoms with Crippen molar-refractivity contribution in [1.82, 2.24) is 5.32 Å². The lowest BCUT2D eigenvalue weighted by Gasteiger charge is -2.09. The molecule has 0 radical (unpaired) electrons. The predicted molar refractivity (Wildman–Crippen MR) is 103 cm³/mol. The summed E-state index contributed by atoms with van der Waals surface area (Å²) in [6.45, 7) is 7.02. The zero-order valence-electron chi connectivity index (χ0n) is 14.7. The summed E-state index contributed by atoms with van der Waals surface area (Å²) in [5, 5.41) is 4.17. The highest BCUT2D eigenvalue weighted by molar-refractivity contribution is 7.19. The Morgan fingerprint density at radius 1 is 1.04 bits per heavy atom. The summed E-state index contributed by atoms with van der Waals surface area (Å²) in [5.41, 5.74) is 2.10. The molecule has 2 aromatic carbocycles. The molecule has 0 unspecified atom stereocenters. The van der Waals surface area contributed by atoms with Crippen LogP contribution >= 0.6 is 11.3 Å². The van der Waals surface area contributed by atoms with Gasteiger partial charge in [-0.3, -0.25) is 0 Å². The number of ether oxygens (including phenoxy) is 1. The number of rotatable bonds is 8. The fourth-order valence-electron chi connectivity index (χ4n) is 2.83. The number of fused-ring (bicyclic) bond motifs is 1. The minimum Gasteiger partial charge on any atom is -0.372 e. The van der Waals surface area contributed by atoms with Crippen molar-refractivity contribution in [2.75, 3.05) is 6.54 Å². The molecule has 3 rings (SSSR count). The second-order valence-corrected chi connectivity index (χ2v) is 7.76. The summed E-state index contributed by atoms with van der Waals surface area (Å²) < 4.78 is 21.3. The van der Waals surface area contributed by atoms with Crippen LogP contribution in [0.25, 0.3) is 10.1 Å². The Labute approximate surface area is 152 Å². The zero-order chi connectivity index (χ0) is 17.6. The van der Waals surface area contributed by atoms with E-state index in [2.05, 4.69) is 19.2 Å². The molecule has 1 N–H and O–H groups in total. The predicted octanol–water partition coefficient (Wildman–Crippen LogP) is 5.50. The molecule has 0 spiro atoms. The lowest BCUT2D eigenvalue weighted by molar-refractivity contribution is 0.107. The second-order valence-electron chi connectivity index (χ2n) is 6.62. The summed E-state index contributed by atoms with van der Waals surface area (Å²) in [6.07, 6.45) is 0. The van der Waals surface area contributed by atoms with Crippen molar-refractivity contribution in [1.29, 1.82) is 0 Å². The molecule has 1 heterocycles. The Morgan fingerprint density at radius 2 is 1.84 bits per heavy atom. The number of halogens is 1. The molecule has 3 aromatic rings. The second kappa shape index (κ2) is 8.56. The van der Waals surface area contributed by atoms with Crippen LogP contribution < -0.4 is 5.32 Å². The smallest absolute Gasteiger partial charge is 0.132 e. The molecule has 0 bridgehead atoms. The Bertz CT molecular complexity index is 813. The Morgan fingerprint density at radius 3 is 2.60 bits per heavy atom. The third kappa shape index (κ3) is 4.66. The highest BCUT2D eigenvalue weighted by atomic mass is 32.1. The van der Waals surface area contributed by atoms with Crippen LogP contribution in [-0.2, 0) is 24.5 Å². The van der Waals surface area contributed by atoms with Crippen molar-refractivity contribution >= 4 is 21.4 Å². The minimum absolute atomic E-state index is 0.165. The van der Waals surface area contributed by atoms with Crippen molar-refractivity contribution in [3.05, 3.63) is 70.4 Å². The standard InChI is InChI=1S/C21H24FNOS/c1-15(2)11-23-12-20-17(14-24-13-16-7-4-3-5-8-16)21-18(22)9-6-10-19(21)25-20/h3-10,15,23H,11-14H2,1-2H3. The molecule has 25 heavy (non-hydrogen) atoms. The summed E-state index contributed by atoms with van der Waals surface area (Å²) in [5.74, 6) is 0.422. The van der Waals surface area contributed by atoms with E-state index in [9.17, 15) is 4.39 Å². The minimum atomic E-state index is -0.165. The molecular weight excluding hydrogens is 333 g/mol. The largest absolute Gasteiger partial charge is 0.372 e. The normalized spacial score (nSPS) is 11.5. The van der Waals surface area contributed by atoms with Crippen LogP contribution in [0, 0.1) is 11.7 Å². The van der Waals surface area contributed by atoms with Crippen LogP contribution in [-0.4, -0.2) is 6.54 Å². The maximum absolute atomic E-state index is 14.4. The van der Waals surface area contributed by atoms with Crippen molar-refractivity contribution < 1.29 is 9.13 Å². The van der Waals surface area contributed by atoms with Crippen molar-refractivity contribution in [2.45, 2.75) is 33.6 Å². The molecule has 0 saturated carbocycles. The van der Waals surface area contributed by atoms with E-state index < -0.39 is 0 Å². The maximum Gasteiger partial charge on any atom is 0.132 e. The number of benzene rings is 2. The summed E-state index contributed by atoms with van der Waals surface area (Å²) >= 11 is 1.65. The first-order valence-electron chi connectivity index (χ1n) is 8.66. The van der Waals surface area contributed by atoms with Gasteiger partial charge in [0, 0.05) is 27.1 Å². The third-order valence-corrected chi connectivity index (χ3v) is 5.24. The highest BCUT2D eigenvalue weighted by Gasteiger charge is 2.15. The molecule has 2 nitrogen and oxygen atoms in total. The van der Waals surface area contributed by atoms with Crippen LogP contribution in [0.15, 0.2) is 48.5 Å². The molecule has 132 valence electrons. The van der Waals surface area contributed by atoms with E-state index in [0.29, 0.717) is 24.5 Å². The highest BCUT2D eigenvalue weighted by Crippen LogP contribution is 2.34. The van der Waals surface area contributed by atoms with Gasteiger partial charge in [0.25, 0.3) is 0 Å². The monoisotopic (exact) mass is 357 g/mol. The fourth-order valence-corrected chi connectivity index (χ4v) is 4.02. The molecule has 0 amide bonds. The Kier molecular flexibility index (Phi) is 6.19. The van der Waals surface area contributed by atoms with Gasteiger partial charge in [0.05, 0.1) is 13.2 Å². The van der Waals surface area contributed by atoms with Gasteiger partial charge in [0.2, 0.25) is 0 Å². The van der Waals surface area contributed by atoms with Crippen LogP contribution in [0.3, 0.4) is 0 Å². The molecule has 1 aromatic heterocycles. The van der Waals surface area contributed by atoms with Crippen molar-refractivity contribution in [3.63, 3.8) is 0 Å². The number of hydrogen-bond donors (Lipinski definition) is 1. The van der Waals surface area contributed by atoms with E-state index in [0.717, 1.165) is 33.8 Å². The van der Waals surface area contributed by atoms with E-state index in [1.807, 2.05) is 36.4 Å². The van der Waals surface area contributed by atoms with E-state index in [1.165, 1.54) is 6.07 Å². The van der Waals surface area contributed by atoms with Crippen molar-refractivity contribution in [3.8, 4) is 0 Å². The third-order valence-electron chi connectivity index (χ3n) is 4.04. The van der Waals surface area contributed by atoms with E-state index in [4.69, 9.17) is 4.74 Å². The van der Waals surface area contributed by atoms with Gasteiger partial charge in [-0.2, -0.15) is 0 Å². The molecule has 0 aliphatic rings. The van der Waals surface area contributed by atoms with Crippen LogP contribution in [0.2, 0.25) is 0 Å². The molecular formula is C21H24FNOS. The van der Waals surface area contributed by atoms with Crippen LogP contribution in [0.1, 0.15) is 29.9 Å². The summed E-state index contributed by atoms with van der Waals surface area (Å²) in [7, 11) is 0. The SMILES string of the molecule is CC(C)CNCc1sc2cccc(F)c2c1COCc1ccccc1. The van der Waals surface area contributed by atoms with Gasteiger partial charge in [-0.15, -0.1) is 11.3 Å². The Hall–Kier alpha value is -1.75. The van der Waals surface area contributed by atoms with Gasteiger partial charge in [0.1, 0.15) is 5.82 Å². The quantitative estimate of drug-likeness (QED) is 0.574. The molecule has 0 saturated heterocycles. The van der Waals surface area contributed by atoms with Gasteiger partial charge >= 0.3 is 0 Å². The number of nitrogens with one attached hydrogen (secondary N) is 1. The molecule has 0 aliphatic carbocycles. The molecule has 0 fully saturated rings. The first-order valence-corrected chi connectivity index (χ1v) is 9.48. The van der Waals surface area contributed by atoms with Gasteiger partial charge in [-0.05, 0) is 30.2 Å². The first kappa shape index (κ1) is 18.1. The molecule has 0 atom stereocenters. The first-order chi connectivity index (χ1) is 12.1. The topological polar surface area (TPSA) is 21.3 Å². The van der Waals surface area contributed by atoms with Gasteiger partial charge in [-0.25, -0.2) is 4.39 Å². The lowest BCUT2D eigenvalue weighted by atomic mass is 10.1. The van der Waals surface area contributed by atoms with Crippen molar-refractivity contribution in [2.24, 2.45) is 5.92 Å². The average molecular weight is 357 g/mol. The van der Waals surface area contributed by atoms with E-state index >= 15 is 0 Å². The Balaban J connectivity index is 1.78. The van der Waals surface area contributed by atoms with Crippen LogP contribution in [0.5, 0.6) is 0 Å². The van der Waals surface area contributed by atoms with Gasteiger partial charge in [0.15, 0.2) is 0 Å². The fraction of sp³-hybridized carbons (Fsp3) is 0.333. The van der Waals surface area contributed by atoms with E-state index in [1.54, 1.807) is 17.4 Å². The van der Waals surface area contributed by atoms with Gasteiger partial charge < -0.3 is 10.1 Å². The van der Waals surface area contributed by atoms with E-state index in [-0.39, 0.29) is 5.82 Å². The summed E-state index contributed by atoms with van der Waals surface area (Å²) in [4.78, 5) is 1.16. The zero-order valence-corrected chi connectivity index (χ0v) is 15.5.